The van der Waals surface area contributed by atoms with Crippen LogP contribution in [0.5, 0.6) is 0 Å². The topological polar surface area (TPSA) is 74.6 Å². The quantitative estimate of drug-likeness (QED) is 0.292. The highest BCUT2D eigenvalue weighted by Crippen LogP contribution is 2.34. The summed E-state index contributed by atoms with van der Waals surface area (Å²) in [6, 6.07) is 0. The molecule has 0 radical (unpaired) electrons. The van der Waals surface area contributed by atoms with Crippen molar-refractivity contribution in [2.24, 2.45) is 11.8 Å². The van der Waals surface area contributed by atoms with Crippen molar-refractivity contribution in [3.05, 3.63) is 24.0 Å². The van der Waals surface area contributed by atoms with E-state index in [9.17, 15) is 14.7 Å². The minimum Gasteiger partial charge on any atom is -0.512 e. The third-order valence-electron chi connectivity index (χ3n) is 4.65. The fourth-order valence-electron chi connectivity index (χ4n) is 3.16. The van der Waals surface area contributed by atoms with Gasteiger partial charge in [0.1, 0.15) is 5.78 Å². The van der Waals surface area contributed by atoms with Crippen LogP contribution >= 0.6 is 0 Å². The molecule has 0 spiro atoms. The van der Waals surface area contributed by atoms with Gasteiger partial charge in [0.05, 0.1) is 5.76 Å². The number of hydrogen-bond acceptors (Lipinski definition) is 3. The maximum Gasteiger partial charge on any atom is 0.303 e. The molecule has 0 unspecified atom stereocenters. The number of carboxylic acid groups (broad SMARTS) is 1. The van der Waals surface area contributed by atoms with Gasteiger partial charge in [-0.25, -0.2) is 0 Å². The summed E-state index contributed by atoms with van der Waals surface area (Å²) in [5, 5.41) is 18.7. The molecule has 1 rings (SSSR count). The lowest BCUT2D eigenvalue weighted by Gasteiger charge is -2.08. The minimum atomic E-state index is -0.769. The molecule has 0 saturated heterocycles. The number of rotatable bonds is 12. The average Bonchev–Trinajstić information content (AvgIpc) is 2.91. The summed E-state index contributed by atoms with van der Waals surface area (Å²) in [6.07, 6.45) is 14.9. The number of carbonyl (C=O) groups is 2. The molecular weight excluding hydrogens is 304 g/mol. The first-order valence-corrected chi connectivity index (χ1v) is 9.33. The van der Waals surface area contributed by atoms with E-state index in [0.29, 0.717) is 25.0 Å². The SMILES string of the molecule is CCCCCC/C=C(/O)[C@H]1CC(=O)[C@@H](CC=CCCCC(=O)O)C1. The van der Waals surface area contributed by atoms with Gasteiger partial charge in [-0.2, -0.15) is 0 Å². The summed E-state index contributed by atoms with van der Waals surface area (Å²) >= 11 is 0. The lowest BCUT2D eigenvalue weighted by Crippen LogP contribution is -2.04. The molecule has 0 bridgehead atoms. The maximum absolute atomic E-state index is 12.1. The highest BCUT2D eigenvalue weighted by Gasteiger charge is 2.33. The fraction of sp³-hybridized carbons (Fsp3) is 0.700. The predicted molar refractivity (Wildman–Crippen MR) is 95.9 cm³/mol. The van der Waals surface area contributed by atoms with Crippen molar-refractivity contribution in [3.63, 3.8) is 0 Å². The van der Waals surface area contributed by atoms with E-state index in [1.807, 2.05) is 18.2 Å². The largest absolute Gasteiger partial charge is 0.512 e. The molecule has 24 heavy (non-hydrogen) atoms. The highest BCUT2D eigenvalue weighted by molar-refractivity contribution is 5.83. The molecule has 1 aliphatic rings. The summed E-state index contributed by atoms with van der Waals surface area (Å²) in [5.74, 6) is -0.140. The van der Waals surface area contributed by atoms with Crippen LogP contribution in [0.4, 0.5) is 0 Å². The van der Waals surface area contributed by atoms with Gasteiger partial charge in [0.2, 0.25) is 0 Å². The molecule has 0 aromatic heterocycles. The molecule has 4 nitrogen and oxygen atoms in total. The number of ketones is 1. The van der Waals surface area contributed by atoms with Gasteiger partial charge < -0.3 is 10.2 Å². The Hall–Kier alpha value is -1.58. The Kier molecular flexibility index (Phi) is 10.1. The molecule has 0 aromatic rings. The molecule has 0 amide bonds. The monoisotopic (exact) mass is 336 g/mol. The van der Waals surface area contributed by atoms with Gasteiger partial charge >= 0.3 is 5.97 Å². The summed E-state index contributed by atoms with van der Waals surface area (Å²) in [7, 11) is 0. The molecular formula is C20H32O4. The molecule has 1 aliphatic carbocycles. The Bertz CT molecular complexity index is 451. The predicted octanol–water partition coefficient (Wildman–Crippen LogP) is 5.20. The molecule has 136 valence electrons. The standard InChI is InChI=1S/C20H32O4/c1-2-3-4-5-9-12-18(21)17-14-16(19(22)15-17)11-8-6-7-10-13-20(23)24/h6,8,12,16-17,21H,2-5,7,9-11,13-15H2,1H3,(H,23,24)/b8-6?,18-12+/t16-,17+/m0/s1. The van der Waals surface area contributed by atoms with E-state index in [1.54, 1.807) is 0 Å². The number of carbonyl (C=O) groups excluding carboxylic acids is 1. The summed E-state index contributed by atoms with van der Waals surface area (Å²) in [6.45, 7) is 2.18. The van der Waals surface area contributed by atoms with Crippen LogP contribution in [0.15, 0.2) is 24.0 Å². The molecule has 0 heterocycles. The van der Waals surface area contributed by atoms with Crippen LogP contribution in [0.3, 0.4) is 0 Å². The molecule has 4 heteroatoms. The van der Waals surface area contributed by atoms with Crippen LogP contribution in [0.2, 0.25) is 0 Å². The van der Waals surface area contributed by atoms with Crippen LogP contribution in [0.25, 0.3) is 0 Å². The number of Topliss-reactive ketones (excluding diaryl/α,β-unsaturated/α-hetero) is 1. The first-order chi connectivity index (χ1) is 11.5. The lowest BCUT2D eigenvalue weighted by atomic mass is 9.99. The lowest BCUT2D eigenvalue weighted by molar-refractivity contribution is -0.137. The molecule has 0 aliphatic heterocycles. The third-order valence-corrected chi connectivity index (χ3v) is 4.65. The van der Waals surface area contributed by atoms with E-state index in [2.05, 4.69) is 6.92 Å². The van der Waals surface area contributed by atoms with E-state index >= 15 is 0 Å². The minimum absolute atomic E-state index is 0.00126. The first-order valence-electron chi connectivity index (χ1n) is 9.33. The van der Waals surface area contributed by atoms with Gasteiger partial charge in [0.25, 0.3) is 0 Å². The zero-order valence-corrected chi connectivity index (χ0v) is 14.9. The van der Waals surface area contributed by atoms with Crippen LogP contribution in [-0.4, -0.2) is 22.0 Å². The Morgan fingerprint density at radius 3 is 2.62 bits per heavy atom. The summed E-state index contributed by atoms with van der Waals surface area (Å²) in [4.78, 5) is 22.5. The zero-order valence-electron chi connectivity index (χ0n) is 14.9. The highest BCUT2D eigenvalue weighted by atomic mass is 16.4. The number of allylic oxidation sites excluding steroid dienone is 4. The summed E-state index contributed by atoms with van der Waals surface area (Å²) in [5.41, 5.74) is 0. The van der Waals surface area contributed by atoms with E-state index < -0.39 is 5.97 Å². The second-order valence-electron chi connectivity index (χ2n) is 6.77. The Morgan fingerprint density at radius 2 is 1.92 bits per heavy atom. The Balaban J connectivity index is 2.28. The second-order valence-corrected chi connectivity index (χ2v) is 6.77. The van der Waals surface area contributed by atoms with Crippen LogP contribution < -0.4 is 0 Å². The van der Waals surface area contributed by atoms with E-state index in [0.717, 1.165) is 25.7 Å². The molecule has 0 aromatic carbocycles. The molecule has 2 atom stereocenters. The average molecular weight is 336 g/mol. The van der Waals surface area contributed by atoms with Gasteiger partial charge in [-0.1, -0.05) is 38.3 Å². The van der Waals surface area contributed by atoms with Crippen molar-refractivity contribution < 1.29 is 19.8 Å². The molecule has 2 N–H and O–H groups in total. The van der Waals surface area contributed by atoms with E-state index in [-0.39, 0.29) is 24.0 Å². The van der Waals surface area contributed by atoms with Crippen molar-refractivity contribution >= 4 is 11.8 Å². The number of carboxylic acids is 1. The number of hydrogen-bond donors (Lipinski definition) is 2. The second kappa shape index (κ2) is 11.9. The molecule has 1 fully saturated rings. The summed E-state index contributed by atoms with van der Waals surface area (Å²) < 4.78 is 0. The molecule has 1 saturated carbocycles. The van der Waals surface area contributed by atoms with Crippen molar-refractivity contribution in [1.29, 1.82) is 0 Å². The number of aliphatic carboxylic acids is 1. The van der Waals surface area contributed by atoms with E-state index in [1.165, 1.54) is 19.3 Å². The normalized spacial score (nSPS) is 21.7. The third kappa shape index (κ3) is 8.32. The maximum atomic E-state index is 12.1. The van der Waals surface area contributed by atoms with Crippen molar-refractivity contribution in [3.8, 4) is 0 Å². The van der Waals surface area contributed by atoms with Crippen molar-refractivity contribution in [1.82, 2.24) is 0 Å². The van der Waals surface area contributed by atoms with Gasteiger partial charge in [0, 0.05) is 24.7 Å². The number of unbranched alkanes of at least 4 members (excludes halogenated alkanes) is 5. The van der Waals surface area contributed by atoms with Crippen molar-refractivity contribution in [2.45, 2.75) is 77.6 Å². The van der Waals surface area contributed by atoms with Gasteiger partial charge in [-0.05, 0) is 44.6 Å². The van der Waals surface area contributed by atoms with Gasteiger partial charge in [-0.3, -0.25) is 9.59 Å². The van der Waals surface area contributed by atoms with Gasteiger partial charge in [-0.15, -0.1) is 0 Å². The first kappa shape index (κ1) is 20.5. The van der Waals surface area contributed by atoms with Crippen LogP contribution in [-0.2, 0) is 9.59 Å². The number of aliphatic hydroxyl groups is 1. The number of aliphatic hydroxyl groups excluding tert-OH is 1. The van der Waals surface area contributed by atoms with Gasteiger partial charge in [0.15, 0.2) is 0 Å². The van der Waals surface area contributed by atoms with Crippen LogP contribution in [0.1, 0.15) is 77.6 Å². The smallest absolute Gasteiger partial charge is 0.303 e. The van der Waals surface area contributed by atoms with Crippen LogP contribution in [0, 0.1) is 11.8 Å². The fourth-order valence-corrected chi connectivity index (χ4v) is 3.16. The zero-order chi connectivity index (χ0) is 17.8. The van der Waals surface area contributed by atoms with Crippen molar-refractivity contribution in [2.75, 3.05) is 0 Å². The Labute approximate surface area is 145 Å². The Morgan fingerprint density at radius 1 is 1.12 bits per heavy atom. The van der Waals surface area contributed by atoms with E-state index in [4.69, 9.17) is 5.11 Å².